The van der Waals surface area contributed by atoms with E-state index in [0.29, 0.717) is 29.7 Å². The highest BCUT2D eigenvalue weighted by atomic mass is 35.5. The number of benzene rings is 2. The molecule has 0 amide bonds. The van der Waals surface area contributed by atoms with E-state index in [2.05, 4.69) is 10.1 Å². The molecule has 5 nitrogen and oxygen atoms in total. The molecule has 1 aromatic heterocycles. The Balaban J connectivity index is 1.40. The summed E-state index contributed by atoms with van der Waals surface area (Å²) in [5.41, 5.74) is 1.01. The molecule has 2 heterocycles. The average Bonchev–Trinajstić information content (AvgIpc) is 3.29. The maximum Gasteiger partial charge on any atom is 0.450 e. The number of rotatable bonds is 7. The van der Waals surface area contributed by atoms with E-state index in [4.69, 9.17) is 16.1 Å². The van der Waals surface area contributed by atoms with E-state index in [1.54, 1.807) is 19.1 Å². The Labute approximate surface area is 212 Å². The fourth-order valence-corrected chi connectivity index (χ4v) is 6.09. The Morgan fingerprint density at radius 2 is 1.97 bits per heavy atom. The molecule has 2 aromatic carbocycles. The standard InChI is InChI=1S/C25H19ClF4N2O3S/c1-12-31-23(32-35-12)22-17(8-15(26)9-18(22)27)13-2-3-16-14(11-36-19(16)6-13)7-20(33)24(4-5-24)10-21(34)25(28,29)30/h2-3,6,8-9,14H,4-5,7,10-11H2,1H3. The van der Waals surface area contributed by atoms with Crippen molar-refractivity contribution >= 4 is 34.9 Å². The number of aromatic nitrogens is 2. The van der Waals surface area contributed by atoms with Crippen LogP contribution < -0.4 is 0 Å². The number of Topliss-reactive ketones (excluding diaryl/α,β-unsaturated/α-hetero) is 2. The first-order chi connectivity index (χ1) is 17.0. The van der Waals surface area contributed by atoms with Gasteiger partial charge in [-0.2, -0.15) is 18.2 Å². The topological polar surface area (TPSA) is 73.1 Å². The molecule has 11 heteroatoms. The average molecular weight is 539 g/mol. The Bertz CT molecular complexity index is 1380. The number of aryl methyl sites for hydroxylation is 1. The summed E-state index contributed by atoms with van der Waals surface area (Å²) < 4.78 is 58.1. The van der Waals surface area contributed by atoms with Crippen molar-refractivity contribution in [1.82, 2.24) is 10.1 Å². The number of nitrogens with zero attached hydrogens (tertiary/aromatic N) is 2. The molecule has 2 aliphatic rings. The smallest absolute Gasteiger partial charge is 0.339 e. The number of thioether (sulfide) groups is 1. The highest BCUT2D eigenvalue weighted by molar-refractivity contribution is 7.99. The number of hydrogen-bond donors (Lipinski definition) is 0. The number of carbonyl (C=O) groups excluding carboxylic acids is 2. The lowest BCUT2D eigenvalue weighted by atomic mass is 9.85. The third kappa shape index (κ3) is 4.68. The van der Waals surface area contributed by atoms with Crippen LogP contribution >= 0.6 is 23.4 Å². The Morgan fingerprint density at radius 3 is 2.61 bits per heavy atom. The van der Waals surface area contributed by atoms with Crippen molar-refractivity contribution in [3.05, 3.63) is 52.6 Å². The fourth-order valence-electron chi connectivity index (χ4n) is 4.60. The highest BCUT2D eigenvalue weighted by Gasteiger charge is 2.54. The molecular formula is C25H19ClF4N2O3S. The summed E-state index contributed by atoms with van der Waals surface area (Å²) in [6.45, 7) is 1.60. The van der Waals surface area contributed by atoms with Crippen LogP contribution in [0.1, 0.15) is 43.1 Å². The zero-order chi connectivity index (χ0) is 25.8. The summed E-state index contributed by atoms with van der Waals surface area (Å²) in [7, 11) is 0. The summed E-state index contributed by atoms with van der Waals surface area (Å²) in [5.74, 6) is -1.97. The molecular weight excluding hydrogens is 520 g/mol. The SMILES string of the molecule is Cc1nc(-c2c(F)cc(Cl)cc2-c2ccc3c(c2)SCC3CC(=O)C2(CC(=O)C(F)(F)F)CC2)no1. The van der Waals surface area contributed by atoms with Gasteiger partial charge in [-0.1, -0.05) is 28.9 Å². The van der Waals surface area contributed by atoms with Crippen molar-refractivity contribution in [3.63, 3.8) is 0 Å². The molecule has 1 atom stereocenters. The zero-order valence-corrected chi connectivity index (χ0v) is 20.5. The zero-order valence-electron chi connectivity index (χ0n) is 18.9. The van der Waals surface area contributed by atoms with E-state index >= 15 is 0 Å². The van der Waals surface area contributed by atoms with Gasteiger partial charge in [-0.3, -0.25) is 9.59 Å². The van der Waals surface area contributed by atoms with Crippen molar-refractivity contribution in [2.45, 2.75) is 49.6 Å². The molecule has 0 bridgehead atoms. The Morgan fingerprint density at radius 1 is 1.22 bits per heavy atom. The molecule has 1 saturated carbocycles. The first-order valence-electron chi connectivity index (χ1n) is 11.2. The van der Waals surface area contributed by atoms with Crippen LogP contribution in [-0.2, 0) is 9.59 Å². The van der Waals surface area contributed by atoms with E-state index in [1.807, 2.05) is 12.1 Å². The Hall–Kier alpha value is -2.72. The summed E-state index contributed by atoms with van der Waals surface area (Å²) >= 11 is 7.65. The quantitative estimate of drug-likeness (QED) is 0.303. The minimum atomic E-state index is -4.93. The third-order valence-corrected chi connectivity index (χ3v) is 8.15. The van der Waals surface area contributed by atoms with Gasteiger partial charge in [0.2, 0.25) is 17.5 Å². The monoisotopic (exact) mass is 538 g/mol. The van der Waals surface area contributed by atoms with Crippen molar-refractivity contribution in [1.29, 1.82) is 0 Å². The van der Waals surface area contributed by atoms with E-state index in [9.17, 15) is 27.2 Å². The molecule has 5 rings (SSSR count). The second kappa shape index (κ2) is 8.99. The Kier molecular flexibility index (Phi) is 6.23. The molecule has 188 valence electrons. The maximum atomic E-state index is 14.9. The molecule has 36 heavy (non-hydrogen) atoms. The first-order valence-corrected chi connectivity index (χ1v) is 12.5. The number of fused-ring (bicyclic) bond motifs is 1. The van der Waals surface area contributed by atoms with E-state index in [-0.39, 0.29) is 40.4 Å². The minimum absolute atomic E-state index is 0.0731. The van der Waals surface area contributed by atoms with Gasteiger partial charge in [0, 0.05) is 46.8 Å². The summed E-state index contributed by atoms with van der Waals surface area (Å²) in [4.78, 5) is 29.4. The molecule has 0 radical (unpaired) electrons. The van der Waals surface area contributed by atoms with Crippen molar-refractivity contribution in [2.24, 2.45) is 5.41 Å². The third-order valence-electron chi connectivity index (χ3n) is 6.70. The van der Waals surface area contributed by atoms with Crippen LogP contribution in [0.15, 0.2) is 39.8 Å². The van der Waals surface area contributed by atoms with Crippen LogP contribution in [0.3, 0.4) is 0 Å². The number of alkyl halides is 3. The molecule has 1 fully saturated rings. The first kappa shape index (κ1) is 25.0. The van der Waals surface area contributed by atoms with Crippen LogP contribution in [0.4, 0.5) is 17.6 Å². The lowest BCUT2D eigenvalue weighted by molar-refractivity contribution is -0.172. The lowest BCUT2D eigenvalue weighted by Gasteiger charge is -2.17. The predicted molar refractivity (Wildman–Crippen MR) is 125 cm³/mol. The number of carbonyl (C=O) groups is 2. The molecule has 1 aliphatic heterocycles. The van der Waals surface area contributed by atoms with Gasteiger partial charge in [-0.05, 0) is 47.7 Å². The van der Waals surface area contributed by atoms with Crippen LogP contribution in [-0.4, -0.2) is 33.6 Å². The van der Waals surface area contributed by atoms with Gasteiger partial charge in [0.1, 0.15) is 11.6 Å². The van der Waals surface area contributed by atoms with Crippen LogP contribution in [0, 0.1) is 18.2 Å². The lowest BCUT2D eigenvalue weighted by Crippen LogP contribution is -2.29. The largest absolute Gasteiger partial charge is 0.450 e. The second-order valence-electron chi connectivity index (χ2n) is 9.21. The molecule has 0 spiro atoms. The summed E-state index contributed by atoms with van der Waals surface area (Å²) in [5, 5.41) is 4.04. The van der Waals surface area contributed by atoms with E-state index < -0.39 is 29.6 Å². The number of ketones is 2. The normalized spacial score (nSPS) is 18.2. The van der Waals surface area contributed by atoms with Gasteiger partial charge in [0.05, 0.1) is 5.56 Å². The number of halogens is 5. The number of hydrogen-bond acceptors (Lipinski definition) is 6. The van der Waals surface area contributed by atoms with Gasteiger partial charge < -0.3 is 4.52 Å². The van der Waals surface area contributed by atoms with Crippen LogP contribution in [0.25, 0.3) is 22.5 Å². The fraction of sp³-hybridized carbons (Fsp3) is 0.360. The highest BCUT2D eigenvalue weighted by Crippen LogP contribution is 2.54. The van der Waals surface area contributed by atoms with Gasteiger partial charge in [-0.15, -0.1) is 11.8 Å². The van der Waals surface area contributed by atoms with Crippen molar-refractivity contribution in [3.8, 4) is 22.5 Å². The second-order valence-corrected chi connectivity index (χ2v) is 10.7. The van der Waals surface area contributed by atoms with E-state index in [1.165, 1.54) is 17.8 Å². The molecule has 1 unspecified atom stereocenters. The maximum absolute atomic E-state index is 14.9. The molecule has 1 aliphatic carbocycles. The molecule has 0 N–H and O–H groups in total. The minimum Gasteiger partial charge on any atom is -0.339 e. The van der Waals surface area contributed by atoms with Gasteiger partial charge in [-0.25, -0.2) is 4.39 Å². The summed E-state index contributed by atoms with van der Waals surface area (Å²) in [6, 6.07) is 8.28. The van der Waals surface area contributed by atoms with Crippen molar-refractivity contribution in [2.75, 3.05) is 5.75 Å². The van der Waals surface area contributed by atoms with Gasteiger partial charge >= 0.3 is 6.18 Å². The van der Waals surface area contributed by atoms with Crippen molar-refractivity contribution < 1.29 is 31.7 Å². The van der Waals surface area contributed by atoms with Gasteiger partial charge in [0.15, 0.2) is 0 Å². The molecule has 3 aromatic rings. The van der Waals surface area contributed by atoms with E-state index in [0.717, 1.165) is 10.5 Å². The van der Waals surface area contributed by atoms with Crippen LogP contribution in [0.5, 0.6) is 0 Å². The van der Waals surface area contributed by atoms with Crippen LogP contribution in [0.2, 0.25) is 5.02 Å². The predicted octanol–water partition coefficient (Wildman–Crippen LogP) is 6.95. The van der Waals surface area contributed by atoms with Gasteiger partial charge in [0.25, 0.3) is 0 Å². The summed E-state index contributed by atoms with van der Waals surface area (Å²) in [6.07, 6.45) is -5.03. The molecule has 0 saturated heterocycles.